The predicted octanol–water partition coefficient (Wildman–Crippen LogP) is 7.06. The summed E-state index contributed by atoms with van der Waals surface area (Å²) in [6, 6.07) is 17.3. The summed E-state index contributed by atoms with van der Waals surface area (Å²) in [7, 11) is 1.46. The van der Waals surface area contributed by atoms with Gasteiger partial charge >= 0.3 is 5.97 Å². The zero-order valence-corrected chi connectivity index (χ0v) is 21.0. The smallest absolute Gasteiger partial charge is 0.337 e. The van der Waals surface area contributed by atoms with Gasteiger partial charge in [0.25, 0.3) is 0 Å². The second-order valence-corrected chi connectivity index (χ2v) is 11.4. The van der Waals surface area contributed by atoms with Crippen molar-refractivity contribution < 1.29 is 14.3 Å². The first-order valence-corrected chi connectivity index (χ1v) is 13.4. The number of hydrogen-bond donors (Lipinski definition) is 0. The van der Waals surface area contributed by atoms with Crippen LogP contribution in [0.15, 0.2) is 48.5 Å². The van der Waals surface area contributed by atoms with Crippen molar-refractivity contribution in [3.05, 3.63) is 70.8 Å². The summed E-state index contributed by atoms with van der Waals surface area (Å²) >= 11 is 0. The van der Waals surface area contributed by atoms with Gasteiger partial charge in [-0.25, -0.2) is 4.79 Å². The molecule has 3 unspecified atom stereocenters. The van der Waals surface area contributed by atoms with E-state index in [-0.39, 0.29) is 17.0 Å². The van der Waals surface area contributed by atoms with Crippen molar-refractivity contribution in [3.8, 4) is 0 Å². The first-order chi connectivity index (χ1) is 16.5. The number of esters is 1. The first-order valence-electron chi connectivity index (χ1n) is 13.4. The summed E-state index contributed by atoms with van der Waals surface area (Å²) in [5.41, 5.74) is 4.95. The van der Waals surface area contributed by atoms with E-state index < -0.39 is 0 Å². The number of fused-ring (bicyclic) bond motifs is 3. The van der Waals surface area contributed by atoms with Crippen LogP contribution < -0.4 is 0 Å². The third kappa shape index (κ3) is 4.69. The van der Waals surface area contributed by atoms with Crippen LogP contribution in [-0.4, -0.2) is 25.3 Å². The fraction of sp³-hybridized carbons (Fsp3) is 0.581. The lowest BCUT2D eigenvalue weighted by atomic mass is 9.52. The van der Waals surface area contributed by atoms with Crippen molar-refractivity contribution in [2.75, 3.05) is 13.7 Å². The Kier molecular flexibility index (Phi) is 6.84. The Morgan fingerprint density at radius 3 is 2.62 bits per heavy atom. The highest BCUT2D eigenvalue weighted by Gasteiger charge is 2.51. The van der Waals surface area contributed by atoms with Crippen LogP contribution in [0.2, 0.25) is 0 Å². The lowest BCUT2D eigenvalue weighted by molar-refractivity contribution is -0.0935. The average molecular weight is 461 g/mol. The molecular formula is C31H40O3. The molecule has 0 N–H and O–H groups in total. The van der Waals surface area contributed by atoms with Crippen LogP contribution in [0.4, 0.5) is 0 Å². The van der Waals surface area contributed by atoms with E-state index in [0.29, 0.717) is 11.5 Å². The first kappa shape index (κ1) is 23.6. The predicted molar refractivity (Wildman–Crippen MR) is 136 cm³/mol. The molecule has 182 valence electrons. The number of aryl methyl sites for hydroxylation is 1. The van der Waals surface area contributed by atoms with Gasteiger partial charge in [-0.1, -0.05) is 55.7 Å². The highest BCUT2D eigenvalue weighted by Crippen LogP contribution is 2.55. The fourth-order valence-corrected chi connectivity index (χ4v) is 7.00. The normalized spacial score (nSPS) is 28.5. The molecule has 0 spiro atoms. The molecule has 3 nitrogen and oxygen atoms in total. The number of benzene rings is 2. The quantitative estimate of drug-likeness (QED) is 0.313. The van der Waals surface area contributed by atoms with Crippen molar-refractivity contribution in [2.24, 2.45) is 11.8 Å². The van der Waals surface area contributed by atoms with E-state index in [2.05, 4.69) is 49.4 Å². The molecule has 0 aromatic heterocycles. The van der Waals surface area contributed by atoms with E-state index in [4.69, 9.17) is 9.47 Å². The van der Waals surface area contributed by atoms with Gasteiger partial charge in [-0.15, -0.1) is 0 Å². The molecule has 0 radical (unpaired) electrons. The molecule has 0 aliphatic heterocycles. The zero-order chi connectivity index (χ0) is 23.6. The second-order valence-electron chi connectivity index (χ2n) is 11.4. The van der Waals surface area contributed by atoms with Crippen LogP contribution in [0.5, 0.6) is 0 Å². The molecular weight excluding hydrogens is 420 g/mol. The van der Waals surface area contributed by atoms with E-state index in [1.165, 1.54) is 55.9 Å². The van der Waals surface area contributed by atoms with Crippen LogP contribution in [-0.2, 0) is 27.7 Å². The summed E-state index contributed by atoms with van der Waals surface area (Å²) in [4.78, 5) is 12.2. The molecule has 3 heteroatoms. The molecule has 2 fully saturated rings. The lowest BCUT2D eigenvalue weighted by Crippen LogP contribution is -2.51. The number of ether oxygens (including phenoxy) is 2. The summed E-state index contributed by atoms with van der Waals surface area (Å²) in [5.74, 6) is 1.31. The van der Waals surface area contributed by atoms with Gasteiger partial charge in [0.05, 0.1) is 18.3 Å². The van der Waals surface area contributed by atoms with E-state index in [9.17, 15) is 4.79 Å². The Morgan fingerprint density at radius 2 is 1.88 bits per heavy atom. The van der Waals surface area contributed by atoms with Gasteiger partial charge in [0.15, 0.2) is 0 Å². The van der Waals surface area contributed by atoms with Crippen LogP contribution >= 0.6 is 0 Å². The minimum Gasteiger partial charge on any atom is -0.465 e. The number of carbonyl (C=O) groups is 1. The third-order valence-corrected chi connectivity index (χ3v) is 9.18. The molecule has 3 aliphatic carbocycles. The molecule has 0 amide bonds. The van der Waals surface area contributed by atoms with E-state index >= 15 is 0 Å². The van der Waals surface area contributed by atoms with Crippen molar-refractivity contribution >= 4 is 5.97 Å². The highest BCUT2D eigenvalue weighted by molar-refractivity contribution is 5.89. The van der Waals surface area contributed by atoms with Gasteiger partial charge in [0.1, 0.15) is 0 Å². The third-order valence-electron chi connectivity index (χ3n) is 9.18. The number of hydrogen-bond acceptors (Lipinski definition) is 3. The van der Waals surface area contributed by atoms with Gasteiger partial charge in [-0.2, -0.15) is 0 Å². The Balaban J connectivity index is 1.38. The molecule has 0 bridgehead atoms. The maximum absolute atomic E-state index is 12.2. The SMILES string of the molecule is COC(=O)c1ccc2c(c1)CCC1CC(C)(OCCCC3CCC3)CCC21Cc1ccccc1. The summed E-state index contributed by atoms with van der Waals surface area (Å²) in [6.45, 7) is 3.27. The van der Waals surface area contributed by atoms with E-state index in [1.54, 1.807) is 0 Å². The molecule has 3 aliphatic rings. The Morgan fingerprint density at radius 1 is 1.06 bits per heavy atom. The molecule has 2 aromatic rings. The number of rotatable bonds is 8. The highest BCUT2D eigenvalue weighted by atomic mass is 16.5. The molecule has 0 saturated heterocycles. The fourth-order valence-electron chi connectivity index (χ4n) is 7.00. The number of methoxy groups -OCH3 is 1. The van der Waals surface area contributed by atoms with Crippen molar-refractivity contribution in [2.45, 2.75) is 88.6 Å². The molecule has 0 heterocycles. The van der Waals surface area contributed by atoms with E-state index in [1.807, 2.05) is 6.07 Å². The summed E-state index contributed by atoms with van der Waals surface area (Å²) in [6.07, 6.45) is 13.4. The van der Waals surface area contributed by atoms with Crippen LogP contribution in [0.1, 0.15) is 91.8 Å². The van der Waals surface area contributed by atoms with Crippen LogP contribution in [0, 0.1) is 11.8 Å². The minimum atomic E-state index is -0.242. The molecule has 5 rings (SSSR count). The van der Waals surface area contributed by atoms with Crippen LogP contribution in [0.25, 0.3) is 0 Å². The monoisotopic (exact) mass is 460 g/mol. The lowest BCUT2D eigenvalue weighted by Gasteiger charge is -2.54. The van der Waals surface area contributed by atoms with Gasteiger partial charge in [0.2, 0.25) is 0 Å². The van der Waals surface area contributed by atoms with Gasteiger partial charge in [-0.05, 0) is 98.9 Å². The Hall–Kier alpha value is -2.13. The largest absolute Gasteiger partial charge is 0.465 e. The van der Waals surface area contributed by atoms with Crippen LogP contribution in [0.3, 0.4) is 0 Å². The number of carbonyl (C=O) groups excluding carboxylic acids is 1. The summed E-state index contributed by atoms with van der Waals surface area (Å²) in [5, 5.41) is 0. The minimum absolute atomic E-state index is 0.0199. The topological polar surface area (TPSA) is 35.5 Å². The maximum atomic E-state index is 12.2. The van der Waals surface area contributed by atoms with Gasteiger partial charge < -0.3 is 9.47 Å². The second kappa shape index (κ2) is 9.85. The summed E-state index contributed by atoms with van der Waals surface area (Å²) < 4.78 is 11.6. The molecule has 2 saturated carbocycles. The standard InChI is InChI=1S/C31H40O3/c1-30(34-19-7-12-23-10-6-11-23)17-18-31(21-24-8-4-3-5-9-24)27(22-30)15-13-25-20-26(29(32)33-2)14-16-28(25)31/h3-5,8-9,14,16,20,23,27H,6-7,10-13,15,17-19,21-22H2,1-2H3. The molecule has 2 aromatic carbocycles. The zero-order valence-electron chi connectivity index (χ0n) is 21.0. The maximum Gasteiger partial charge on any atom is 0.337 e. The van der Waals surface area contributed by atoms with E-state index in [0.717, 1.165) is 51.0 Å². The Labute approximate surface area is 205 Å². The van der Waals surface area contributed by atoms with Gasteiger partial charge in [-0.3, -0.25) is 0 Å². The van der Waals surface area contributed by atoms with Gasteiger partial charge in [0, 0.05) is 12.0 Å². The average Bonchev–Trinajstić information content (AvgIpc) is 2.83. The van der Waals surface area contributed by atoms with Crippen molar-refractivity contribution in [3.63, 3.8) is 0 Å². The van der Waals surface area contributed by atoms with Crippen molar-refractivity contribution in [1.29, 1.82) is 0 Å². The Bertz CT molecular complexity index is 995. The molecule has 34 heavy (non-hydrogen) atoms. The molecule has 3 atom stereocenters. The van der Waals surface area contributed by atoms with Crippen molar-refractivity contribution in [1.82, 2.24) is 0 Å².